The fraction of sp³-hybridized carbons (Fsp3) is 0.120. The van der Waals surface area contributed by atoms with Crippen molar-refractivity contribution in [2.24, 2.45) is 0 Å². The van der Waals surface area contributed by atoms with Gasteiger partial charge in [0, 0.05) is 31.8 Å². The van der Waals surface area contributed by atoms with Gasteiger partial charge in [0.2, 0.25) is 11.9 Å². The summed E-state index contributed by atoms with van der Waals surface area (Å²) in [7, 11) is 2.98. The van der Waals surface area contributed by atoms with Crippen LogP contribution < -0.4 is 20.7 Å². The minimum absolute atomic E-state index is 0.126. The van der Waals surface area contributed by atoms with Gasteiger partial charge in [0.15, 0.2) is 0 Å². The number of hydrogen-bond acceptors (Lipinski definition) is 7. The summed E-state index contributed by atoms with van der Waals surface area (Å²) in [5.74, 6) is -0.266. The number of hydrogen-bond donors (Lipinski definition) is 4. The maximum absolute atomic E-state index is 14.5. The highest BCUT2D eigenvalue weighted by molar-refractivity contribution is 6.02. The van der Waals surface area contributed by atoms with E-state index < -0.39 is 11.7 Å². The molecular formula is C25H22FN7O3. The van der Waals surface area contributed by atoms with Gasteiger partial charge in [-0.05, 0) is 36.4 Å². The van der Waals surface area contributed by atoms with Gasteiger partial charge in [-0.2, -0.15) is 9.97 Å². The van der Waals surface area contributed by atoms with E-state index >= 15 is 0 Å². The number of benzene rings is 2. The van der Waals surface area contributed by atoms with E-state index in [0.29, 0.717) is 33.8 Å². The number of aromatic nitrogens is 4. The number of nitrogens with zero attached hydrogens (tertiary/aromatic N) is 3. The van der Waals surface area contributed by atoms with Crippen LogP contribution in [-0.4, -0.2) is 45.5 Å². The summed E-state index contributed by atoms with van der Waals surface area (Å²) in [6.07, 6.45) is 3.40. The third-order valence-electron chi connectivity index (χ3n) is 5.73. The Bertz CT molecular complexity index is 1640. The first-order valence-electron chi connectivity index (χ1n) is 11.0. The molecule has 182 valence electrons. The predicted molar refractivity (Wildman–Crippen MR) is 135 cm³/mol. The fourth-order valence-corrected chi connectivity index (χ4v) is 4.03. The molecule has 5 aromatic rings. The summed E-state index contributed by atoms with van der Waals surface area (Å²) in [6.45, 7) is 1.48. The van der Waals surface area contributed by atoms with Crippen LogP contribution in [0.5, 0.6) is 5.75 Å². The average molecular weight is 487 g/mol. The van der Waals surface area contributed by atoms with Gasteiger partial charge in [-0.25, -0.2) is 4.39 Å². The number of aromatic amines is 1. The lowest BCUT2D eigenvalue weighted by Crippen LogP contribution is -2.20. The third-order valence-corrected chi connectivity index (χ3v) is 5.73. The van der Waals surface area contributed by atoms with Crippen LogP contribution in [0.15, 0.2) is 54.9 Å². The molecule has 11 heteroatoms. The smallest absolute Gasteiger partial charge is 0.256 e. The van der Waals surface area contributed by atoms with Crippen molar-refractivity contribution < 1.29 is 18.7 Å². The Morgan fingerprint density at radius 1 is 1.08 bits per heavy atom. The quantitative estimate of drug-likeness (QED) is 0.276. The van der Waals surface area contributed by atoms with E-state index in [0.717, 1.165) is 5.39 Å². The van der Waals surface area contributed by atoms with E-state index in [1.165, 1.54) is 30.7 Å². The number of ether oxygens (including phenoxy) is 1. The predicted octanol–water partition coefficient (Wildman–Crippen LogP) is 4.57. The Morgan fingerprint density at radius 2 is 1.92 bits per heavy atom. The van der Waals surface area contributed by atoms with Crippen molar-refractivity contribution in [3.8, 4) is 5.75 Å². The molecule has 0 radical (unpaired) electrons. The maximum atomic E-state index is 14.5. The van der Waals surface area contributed by atoms with Gasteiger partial charge in [0.1, 0.15) is 23.0 Å². The summed E-state index contributed by atoms with van der Waals surface area (Å²) in [5.41, 5.74) is 1.87. The Labute approximate surface area is 204 Å². The van der Waals surface area contributed by atoms with E-state index in [-0.39, 0.29) is 23.1 Å². The molecule has 0 saturated heterocycles. The molecule has 5 rings (SSSR count). The van der Waals surface area contributed by atoms with Crippen LogP contribution in [-0.2, 0) is 0 Å². The van der Waals surface area contributed by atoms with Gasteiger partial charge in [-0.1, -0.05) is 6.07 Å². The fourth-order valence-electron chi connectivity index (χ4n) is 4.03. The molecule has 0 aliphatic heterocycles. The Morgan fingerprint density at radius 3 is 2.67 bits per heavy atom. The van der Waals surface area contributed by atoms with Crippen molar-refractivity contribution in [2.75, 3.05) is 24.8 Å². The second-order valence-corrected chi connectivity index (χ2v) is 7.94. The summed E-state index contributed by atoms with van der Waals surface area (Å²) in [4.78, 5) is 36.5. The van der Waals surface area contributed by atoms with Crippen LogP contribution in [0.2, 0.25) is 0 Å². The molecule has 0 saturated carbocycles. The second-order valence-electron chi connectivity index (χ2n) is 7.94. The molecule has 2 aromatic carbocycles. The van der Waals surface area contributed by atoms with Gasteiger partial charge < -0.3 is 25.7 Å². The van der Waals surface area contributed by atoms with Crippen LogP contribution in [0.1, 0.15) is 22.1 Å². The Kier molecular flexibility index (Phi) is 5.72. The number of methoxy groups -OCH3 is 1. The van der Waals surface area contributed by atoms with Gasteiger partial charge in [-0.3, -0.25) is 14.2 Å². The summed E-state index contributed by atoms with van der Waals surface area (Å²) in [6, 6.07) is 11.5. The first-order chi connectivity index (χ1) is 17.4. The molecule has 4 N–H and O–H groups in total. The number of fused-ring (bicyclic) bond motifs is 2. The van der Waals surface area contributed by atoms with Crippen molar-refractivity contribution in [1.82, 2.24) is 24.8 Å². The number of H-pyrrole nitrogens is 1. The standard InChI is InChI=1S/C25H22FN7O3/c1-13(34)33-10-8-14-11-20(36-3)18(12-19(14)33)30-25-31-22-15(7-9-28-22)23(32-25)29-17-6-4-5-16(26)21(17)24(35)27-2/h4-12H,1-3H3,(H,27,35)(H3,28,29,30,31,32). The number of halogens is 1. The first kappa shape index (κ1) is 22.8. The number of nitrogens with one attached hydrogen (secondary N) is 4. The van der Waals surface area contributed by atoms with Crippen molar-refractivity contribution in [3.05, 3.63) is 66.2 Å². The minimum Gasteiger partial charge on any atom is -0.495 e. The summed E-state index contributed by atoms with van der Waals surface area (Å²) in [5, 5.41) is 10.2. The van der Waals surface area contributed by atoms with E-state index in [1.54, 1.807) is 37.7 Å². The molecule has 3 heterocycles. The summed E-state index contributed by atoms with van der Waals surface area (Å²) >= 11 is 0. The lowest BCUT2D eigenvalue weighted by atomic mass is 10.1. The lowest BCUT2D eigenvalue weighted by molar-refractivity contribution is 0.0938. The van der Waals surface area contributed by atoms with E-state index in [2.05, 4.69) is 30.9 Å². The molecule has 0 fully saturated rings. The number of rotatable bonds is 6. The van der Waals surface area contributed by atoms with Crippen LogP contribution in [0.3, 0.4) is 0 Å². The molecule has 0 atom stereocenters. The van der Waals surface area contributed by atoms with Crippen LogP contribution in [0.4, 0.5) is 27.5 Å². The molecule has 0 aliphatic carbocycles. The largest absolute Gasteiger partial charge is 0.495 e. The number of anilines is 4. The van der Waals surface area contributed by atoms with E-state index in [1.807, 2.05) is 12.1 Å². The molecule has 36 heavy (non-hydrogen) atoms. The summed E-state index contributed by atoms with van der Waals surface area (Å²) < 4.78 is 21.6. The maximum Gasteiger partial charge on any atom is 0.256 e. The SMILES string of the molecule is CNC(=O)c1c(F)cccc1Nc1nc(Nc2cc3c(ccn3C(C)=O)cc2OC)nc2[nH]ccc12. The zero-order chi connectivity index (χ0) is 25.4. The second kappa shape index (κ2) is 9.02. The lowest BCUT2D eigenvalue weighted by Gasteiger charge is -2.15. The monoisotopic (exact) mass is 487 g/mol. The Balaban J connectivity index is 1.59. The molecule has 0 spiro atoms. The third kappa shape index (κ3) is 3.96. The normalized spacial score (nSPS) is 11.0. The molecule has 3 aromatic heterocycles. The highest BCUT2D eigenvalue weighted by atomic mass is 19.1. The Hall–Kier alpha value is -4.93. The first-order valence-corrected chi connectivity index (χ1v) is 11.0. The number of carbonyl (C=O) groups is 2. The van der Waals surface area contributed by atoms with Crippen LogP contribution >= 0.6 is 0 Å². The minimum atomic E-state index is -0.663. The zero-order valence-corrected chi connectivity index (χ0v) is 19.6. The number of amides is 1. The van der Waals surface area contributed by atoms with Gasteiger partial charge in [-0.15, -0.1) is 0 Å². The van der Waals surface area contributed by atoms with Crippen molar-refractivity contribution in [3.63, 3.8) is 0 Å². The molecule has 10 nitrogen and oxygen atoms in total. The van der Waals surface area contributed by atoms with Crippen molar-refractivity contribution in [1.29, 1.82) is 0 Å². The highest BCUT2D eigenvalue weighted by Gasteiger charge is 2.19. The van der Waals surface area contributed by atoms with Crippen molar-refractivity contribution >= 4 is 56.9 Å². The molecule has 0 aliphatic rings. The van der Waals surface area contributed by atoms with E-state index in [9.17, 15) is 14.0 Å². The molecule has 0 bridgehead atoms. The van der Waals surface area contributed by atoms with Gasteiger partial charge in [0.05, 0.1) is 35.0 Å². The van der Waals surface area contributed by atoms with E-state index in [4.69, 9.17) is 4.74 Å². The molecule has 0 unspecified atom stereocenters. The number of carbonyl (C=O) groups excluding carboxylic acids is 2. The molecule has 1 amide bonds. The zero-order valence-electron chi connectivity index (χ0n) is 19.6. The van der Waals surface area contributed by atoms with Crippen LogP contribution in [0.25, 0.3) is 21.9 Å². The van der Waals surface area contributed by atoms with Gasteiger partial charge >= 0.3 is 0 Å². The highest BCUT2D eigenvalue weighted by Crippen LogP contribution is 2.34. The topological polar surface area (TPSA) is 126 Å². The van der Waals surface area contributed by atoms with Crippen LogP contribution in [0, 0.1) is 5.82 Å². The van der Waals surface area contributed by atoms with Crippen molar-refractivity contribution in [2.45, 2.75) is 6.92 Å². The molecular weight excluding hydrogens is 465 g/mol. The van der Waals surface area contributed by atoms with Gasteiger partial charge in [0.25, 0.3) is 5.91 Å². The average Bonchev–Trinajstić information content (AvgIpc) is 3.50.